The van der Waals surface area contributed by atoms with Crippen molar-refractivity contribution in [1.82, 2.24) is 14.2 Å². The molecule has 1 aliphatic rings. The Morgan fingerprint density at radius 3 is 2.24 bits per heavy atom. The number of piperazine rings is 1. The number of rotatable bonds is 11. The molecule has 8 nitrogen and oxygen atoms in total. The van der Waals surface area contributed by atoms with E-state index in [0.717, 1.165) is 46.8 Å². The number of ether oxygens (including phenoxy) is 1. The number of anilines is 1. The number of carbonyl (C=O) groups excluding carboxylic acids is 1. The number of sulfonamides is 1. The van der Waals surface area contributed by atoms with Crippen LogP contribution in [0.3, 0.4) is 0 Å². The minimum atomic E-state index is -3.58. The molecule has 0 unspecified atom stereocenters. The molecule has 10 heteroatoms. The predicted molar refractivity (Wildman–Crippen MR) is 149 cm³/mol. The van der Waals surface area contributed by atoms with Crippen molar-refractivity contribution in [1.29, 1.82) is 0 Å². The van der Waals surface area contributed by atoms with Crippen LogP contribution in [0.15, 0.2) is 47.4 Å². The Morgan fingerprint density at radius 2 is 1.65 bits per heavy atom. The zero-order valence-corrected chi connectivity index (χ0v) is 23.5. The van der Waals surface area contributed by atoms with E-state index >= 15 is 0 Å². The van der Waals surface area contributed by atoms with Crippen LogP contribution in [0.25, 0.3) is 10.2 Å². The number of fused-ring (bicyclic) bond motifs is 1. The molecule has 0 saturated carbocycles. The van der Waals surface area contributed by atoms with Crippen molar-refractivity contribution in [2.75, 3.05) is 51.3 Å². The van der Waals surface area contributed by atoms with Crippen molar-refractivity contribution in [3.05, 3.63) is 48.0 Å². The Kier molecular flexibility index (Phi) is 9.04. The number of carbonyl (C=O) groups is 1. The van der Waals surface area contributed by atoms with Crippen molar-refractivity contribution in [3.8, 4) is 5.75 Å². The normalized spacial score (nSPS) is 14.5. The molecule has 0 N–H and O–H groups in total. The van der Waals surface area contributed by atoms with Crippen molar-refractivity contribution >= 4 is 42.6 Å². The Morgan fingerprint density at radius 1 is 1.00 bits per heavy atom. The molecular weight excluding hydrogens is 508 g/mol. The van der Waals surface area contributed by atoms with Crippen molar-refractivity contribution in [3.63, 3.8) is 0 Å². The molecule has 0 atom stereocenters. The van der Waals surface area contributed by atoms with Gasteiger partial charge in [0.2, 0.25) is 10.0 Å². The van der Waals surface area contributed by atoms with E-state index in [9.17, 15) is 13.2 Å². The Balaban J connectivity index is 1.40. The van der Waals surface area contributed by atoms with Crippen LogP contribution < -0.4 is 9.64 Å². The highest BCUT2D eigenvalue weighted by Crippen LogP contribution is 2.34. The second-order valence-electron chi connectivity index (χ2n) is 9.22. The van der Waals surface area contributed by atoms with Gasteiger partial charge >= 0.3 is 0 Å². The summed E-state index contributed by atoms with van der Waals surface area (Å²) in [6.07, 6.45) is 3.53. The van der Waals surface area contributed by atoms with Crippen LogP contribution in [0.1, 0.15) is 49.9 Å². The average molecular weight is 545 g/mol. The van der Waals surface area contributed by atoms with E-state index in [0.29, 0.717) is 44.8 Å². The lowest BCUT2D eigenvalue weighted by Gasteiger charge is -2.34. The van der Waals surface area contributed by atoms with Gasteiger partial charge in [0.05, 0.1) is 16.7 Å². The first kappa shape index (κ1) is 27.3. The summed E-state index contributed by atoms with van der Waals surface area (Å²) in [4.78, 5) is 22.2. The third-order valence-corrected chi connectivity index (χ3v) is 9.68. The van der Waals surface area contributed by atoms with Gasteiger partial charge in [-0.25, -0.2) is 13.4 Å². The Hall–Kier alpha value is -2.69. The van der Waals surface area contributed by atoms with Crippen LogP contribution in [-0.2, 0) is 10.0 Å². The molecule has 0 aliphatic carbocycles. The standard InChI is InChI=1S/C27H36N4O4S2/c1-4-6-15-31(16-7-5-2)37(33,34)22-13-11-21(12-14-22)26(32)29-17-19-30(20-18-29)27-28-25-23(35-3)9-8-10-24(25)36-27/h8-14H,4-7,15-20H2,1-3H3. The lowest BCUT2D eigenvalue weighted by molar-refractivity contribution is 0.0746. The lowest BCUT2D eigenvalue weighted by atomic mass is 10.2. The second kappa shape index (κ2) is 12.2. The molecule has 1 fully saturated rings. The van der Waals surface area contributed by atoms with Gasteiger partial charge < -0.3 is 14.5 Å². The highest BCUT2D eigenvalue weighted by atomic mass is 32.2. The highest BCUT2D eigenvalue weighted by Gasteiger charge is 2.26. The minimum Gasteiger partial charge on any atom is -0.494 e. The number of aromatic nitrogens is 1. The monoisotopic (exact) mass is 544 g/mol. The number of amides is 1. The molecule has 4 rings (SSSR count). The molecular formula is C27H36N4O4S2. The summed E-state index contributed by atoms with van der Waals surface area (Å²) in [6, 6.07) is 12.3. The summed E-state index contributed by atoms with van der Waals surface area (Å²) in [7, 11) is -1.93. The van der Waals surface area contributed by atoms with E-state index in [-0.39, 0.29) is 10.8 Å². The van der Waals surface area contributed by atoms with Crippen molar-refractivity contribution in [2.45, 2.75) is 44.4 Å². The quantitative estimate of drug-likeness (QED) is 0.343. The third-order valence-electron chi connectivity index (χ3n) is 6.69. The van der Waals surface area contributed by atoms with Gasteiger partial charge in [0.25, 0.3) is 5.91 Å². The fourth-order valence-corrected chi connectivity index (χ4v) is 6.99. The van der Waals surface area contributed by atoms with Crippen LogP contribution in [0, 0.1) is 0 Å². The number of benzene rings is 2. The average Bonchev–Trinajstić information content (AvgIpc) is 3.37. The first-order valence-corrected chi connectivity index (χ1v) is 15.2. The summed E-state index contributed by atoms with van der Waals surface area (Å²) >= 11 is 1.63. The maximum atomic E-state index is 13.2. The van der Waals surface area contributed by atoms with E-state index < -0.39 is 10.0 Å². The zero-order valence-electron chi connectivity index (χ0n) is 21.9. The van der Waals surface area contributed by atoms with Crippen LogP contribution in [0.5, 0.6) is 5.75 Å². The van der Waals surface area contributed by atoms with Gasteiger partial charge in [-0.3, -0.25) is 4.79 Å². The molecule has 1 amide bonds. The second-order valence-corrected chi connectivity index (χ2v) is 12.2. The Bertz CT molecular complexity index is 1290. The minimum absolute atomic E-state index is 0.0802. The molecule has 3 aromatic rings. The lowest BCUT2D eigenvalue weighted by Crippen LogP contribution is -2.48. The smallest absolute Gasteiger partial charge is 0.253 e. The first-order chi connectivity index (χ1) is 17.9. The summed E-state index contributed by atoms with van der Waals surface area (Å²) in [5.41, 5.74) is 1.37. The topological polar surface area (TPSA) is 83.1 Å². The molecule has 2 heterocycles. The van der Waals surface area contributed by atoms with E-state index in [1.807, 2.05) is 23.1 Å². The zero-order chi connectivity index (χ0) is 26.4. The summed E-state index contributed by atoms with van der Waals surface area (Å²) in [5.74, 6) is 0.682. The van der Waals surface area contributed by atoms with Gasteiger partial charge in [-0.15, -0.1) is 0 Å². The maximum absolute atomic E-state index is 13.2. The number of hydrogen-bond donors (Lipinski definition) is 0. The van der Waals surface area contributed by atoms with Gasteiger partial charge in [0.1, 0.15) is 11.3 Å². The number of unbranched alkanes of at least 4 members (excludes halogenated alkanes) is 2. The van der Waals surface area contributed by atoms with Crippen LogP contribution in [-0.4, -0.2) is 74.9 Å². The van der Waals surface area contributed by atoms with Crippen LogP contribution in [0.4, 0.5) is 5.13 Å². The van der Waals surface area contributed by atoms with Crippen molar-refractivity contribution in [2.24, 2.45) is 0 Å². The largest absolute Gasteiger partial charge is 0.494 e. The molecule has 0 spiro atoms. The highest BCUT2D eigenvalue weighted by molar-refractivity contribution is 7.89. The summed E-state index contributed by atoms with van der Waals surface area (Å²) in [6.45, 7) is 7.67. The first-order valence-electron chi connectivity index (χ1n) is 13.0. The maximum Gasteiger partial charge on any atom is 0.253 e. The van der Waals surface area contributed by atoms with Crippen LogP contribution in [0.2, 0.25) is 0 Å². The van der Waals surface area contributed by atoms with Gasteiger partial charge in [-0.1, -0.05) is 44.1 Å². The number of nitrogens with zero attached hydrogens (tertiary/aromatic N) is 4. The van der Waals surface area contributed by atoms with E-state index in [1.54, 1.807) is 47.0 Å². The van der Waals surface area contributed by atoms with Gasteiger partial charge in [0, 0.05) is 44.8 Å². The number of para-hydroxylation sites is 1. The van der Waals surface area contributed by atoms with E-state index in [2.05, 4.69) is 18.7 Å². The van der Waals surface area contributed by atoms with E-state index in [1.165, 1.54) is 0 Å². The van der Waals surface area contributed by atoms with E-state index in [4.69, 9.17) is 9.72 Å². The fourth-order valence-electron chi connectivity index (χ4n) is 4.43. The Labute approximate surface area is 223 Å². The third kappa shape index (κ3) is 6.08. The number of hydrogen-bond acceptors (Lipinski definition) is 7. The molecule has 1 aliphatic heterocycles. The SMILES string of the molecule is CCCCN(CCCC)S(=O)(=O)c1ccc(C(=O)N2CCN(c3nc4c(OC)cccc4s3)CC2)cc1. The fraction of sp³-hybridized carbons (Fsp3) is 0.481. The molecule has 1 aromatic heterocycles. The molecule has 1 saturated heterocycles. The van der Waals surface area contributed by atoms with Crippen LogP contribution >= 0.6 is 11.3 Å². The predicted octanol–water partition coefficient (Wildman–Crippen LogP) is 4.86. The molecule has 0 bridgehead atoms. The molecule has 37 heavy (non-hydrogen) atoms. The molecule has 200 valence electrons. The number of methoxy groups -OCH3 is 1. The van der Waals surface area contributed by atoms with Gasteiger partial charge in [-0.05, 0) is 49.2 Å². The summed E-state index contributed by atoms with van der Waals surface area (Å²) in [5, 5.41) is 0.928. The van der Waals surface area contributed by atoms with Crippen molar-refractivity contribution < 1.29 is 17.9 Å². The molecule has 2 aromatic carbocycles. The molecule has 0 radical (unpaired) electrons. The number of thiazole rings is 1. The summed E-state index contributed by atoms with van der Waals surface area (Å²) < 4.78 is 34.5. The van der Waals surface area contributed by atoms with Gasteiger partial charge in [0.15, 0.2) is 5.13 Å². The van der Waals surface area contributed by atoms with Gasteiger partial charge in [-0.2, -0.15) is 4.31 Å².